The van der Waals surface area contributed by atoms with E-state index in [2.05, 4.69) is 15.3 Å². The van der Waals surface area contributed by atoms with Crippen LogP contribution >= 0.6 is 11.3 Å². The summed E-state index contributed by atoms with van der Waals surface area (Å²) in [6.45, 7) is 1.95. The average molecular weight is 360 g/mol. The molecule has 1 aromatic carbocycles. The quantitative estimate of drug-likeness (QED) is 0.563. The Balaban J connectivity index is 1.71. The summed E-state index contributed by atoms with van der Waals surface area (Å²) in [4.78, 5) is 22.8. The molecule has 128 valence electrons. The Hall–Kier alpha value is -3.25. The first-order valence-electron chi connectivity index (χ1n) is 8.11. The van der Waals surface area contributed by atoms with Gasteiger partial charge in [0.05, 0.1) is 17.1 Å². The summed E-state index contributed by atoms with van der Waals surface area (Å²) in [5.41, 5.74) is 9.98. The Morgan fingerprint density at radius 3 is 2.62 bits per heavy atom. The number of aromatic nitrogens is 2. The summed E-state index contributed by atoms with van der Waals surface area (Å²) in [6.07, 6.45) is 1.73. The van der Waals surface area contributed by atoms with E-state index in [0.29, 0.717) is 10.6 Å². The Kier molecular flexibility index (Phi) is 4.10. The Morgan fingerprint density at radius 2 is 1.85 bits per heavy atom. The van der Waals surface area contributed by atoms with Crippen LogP contribution in [0.3, 0.4) is 0 Å². The molecule has 5 nitrogen and oxygen atoms in total. The van der Waals surface area contributed by atoms with Crippen molar-refractivity contribution >= 4 is 38.8 Å². The fraction of sp³-hybridized carbons (Fsp3) is 0.0500. The fourth-order valence-corrected chi connectivity index (χ4v) is 3.70. The zero-order valence-corrected chi connectivity index (χ0v) is 14.9. The number of nitrogens with two attached hydrogens (primary N) is 1. The summed E-state index contributed by atoms with van der Waals surface area (Å²) in [6, 6.07) is 17.1. The zero-order chi connectivity index (χ0) is 18.1. The van der Waals surface area contributed by atoms with Gasteiger partial charge in [0.25, 0.3) is 5.91 Å². The van der Waals surface area contributed by atoms with E-state index >= 15 is 0 Å². The molecule has 0 atom stereocenters. The Morgan fingerprint density at radius 1 is 1.04 bits per heavy atom. The van der Waals surface area contributed by atoms with Crippen molar-refractivity contribution in [2.24, 2.45) is 0 Å². The second-order valence-electron chi connectivity index (χ2n) is 5.88. The van der Waals surface area contributed by atoms with Gasteiger partial charge in [-0.05, 0) is 42.8 Å². The summed E-state index contributed by atoms with van der Waals surface area (Å²) < 4.78 is 0. The van der Waals surface area contributed by atoms with E-state index < -0.39 is 0 Å². The van der Waals surface area contributed by atoms with Crippen molar-refractivity contribution in [2.45, 2.75) is 6.92 Å². The molecule has 0 saturated carbocycles. The minimum Gasteiger partial charge on any atom is -0.397 e. The molecule has 3 aromatic heterocycles. The lowest BCUT2D eigenvalue weighted by Gasteiger charge is -2.07. The van der Waals surface area contributed by atoms with Crippen molar-refractivity contribution in [3.63, 3.8) is 0 Å². The van der Waals surface area contributed by atoms with Crippen LogP contribution in [0.15, 0.2) is 60.8 Å². The minimum atomic E-state index is -0.223. The highest BCUT2D eigenvalue weighted by molar-refractivity contribution is 7.21. The van der Waals surface area contributed by atoms with Gasteiger partial charge in [0.1, 0.15) is 9.71 Å². The number of amides is 1. The highest BCUT2D eigenvalue weighted by Gasteiger charge is 2.18. The van der Waals surface area contributed by atoms with Gasteiger partial charge in [-0.2, -0.15) is 0 Å². The van der Waals surface area contributed by atoms with Crippen LogP contribution in [-0.4, -0.2) is 15.9 Å². The molecule has 0 unspecified atom stereocenters. The number of carbonyl (C=O) groups is 1. The number of fused-ring (bicyclic) bond motifs is 1. The molecule has 0 aliphatic carbocycles. The number of para-hydroxylation sites is 1. The van der Waals surface area contributed by atoms with Gasteiger partial charge < -0.3 is 11.1 Å². The number of nitrogen functional groups attached to an aromatic ring is 1. The molecule has 0 saturated heterocycles. The number of nitrogens with one attached hydrogen (secondary N) is 1. The van der Waals surface area contributed by atoms with Crippen LogP contribution in [0, 0.1) is 6.92 Å². The van der Waals surface area contributed by atoms with E-state index in [1.165, 1.54) is 11.3 Å². The molecule has 0 spiro atoms. The van der Waals surface area contributed by atoms with Crippen LogP contribution in [0.5, 0.6) is 0 Å². The first-order valence-corrected chi connectivity index (χ1v) is 8.92. The van der Waals surface area contributed by atoms with Gasteiger partial charge in [0.2, 0.25) is 0 Å². The van der Waals surface area contributed by atoms with Crippen LogP contribution in [0.25, 0.3) is 21.6 Å². The number of rotatable bonds is 3. The molecule has 0 aliphatic rings. The molecular weight excluding hydrogens is 344 g/mol. The van der Waals surface area contributed by atoms with Crippen LogP contribution in [0.2, 0.25) is 0 Å². The van der Waals surface area contributed by atoms with Crippen molar-refractivity contribution < 1.29 is 4.79 Å². The maximum atomic E-state index is 12.7. The van der Waals surface area contributed by atoms with E-state index in [9.17, 15) is 4.79 Å². The van der Waals surface area contributed by atoms with E-state index in [1.807, 2.05) is 61.5 Å². The molecule has 3 N–H and O–H groups in total. The molecule has 1 amide bonds. The monoisotopic (exact) mass is 360 g/mol. The smallest absolute Gasteiger partial charge is 0.267 e. The van der Waals surface area contributed by atoms with E-state index in [4.69, 9.17) is 5.73 Å². The molecular formula is C20H16N4OS. The molecule has 3 heterocycles. The molecule has 6 heteroatoms. The molecule has 4 rings (SSSR count). The standard InChI is InChI=1S/C20H16N4OS/c1-12-6-2-3-7-14(12)23-19(25)18-17(21)13-9-10-16(24-20(13)26-18)15-8-4-5-11-22-15/h2-11H,21H2,1H3,(H,23,25). The van der Waals surface area contributed by atoms with Crippen molar-refractivity contribution in [1.29, 1.82) is 0 Å². The predicted molar refractivity (Wildman–Crippen MR) is 106 cm³/mol. The summed E-state index contributed by atoms with van der Waals surface area (Å²) in [7, 11) is 0. The third kappa shape index (κ3) is 2.91. The first-order chi connectivity index (χ1) is 12.6. The van der Waals surface area contributed by atoms with Gasteiger partial charge in [0.15, 0.2) is 0 Å². The van der Waals surface area contributed by atoms with Gasteiger partial charge in [0, 0.05) is 17.3 Å². The van der Waals surface area contributed by atoms with Crippen LogP contribution < -0.4 is 11.1 Å². The van der Waals surface area contributed by atoms with E-state index in [1.54, 1.807) is 6.20 Å². The number of thiophene rings is 1. The molecule has 4 aromatic rings. The zero-order valence-electron chi connectivity index (χ0n) is 14.1. The molecule has 26 heavy (non-hydrogen) atoms. The minimum absolute atomic E-state index is 0.223. The van der Waals surface area contributed by atoms with Crippen molar-refractivity contribution in [3.8, 4) is 11.4 Å². The van der Waals surface area contributed by atoms with Crippen LogP contribution in [0.1, 0.15) is 15.2 Å². The summed E-state index contributed by atoms with van der Waals surface area (Å²) >= 11 is 1.29. The highest BCUT2D eigenvalue weighted by atomic mass is 32.1. The average Bonchev–Trinajstić information content (AvgIpc) is 3.00. The molecule has 0 aliphatic heterocycles. The summed E-state index contributed by atoms with van der Waals surface area (Å²) in [5.74, 6) is -0.223. The SMILES string of the molecule is Cc1ccccc1NC(=O)c1sc2nc(-c3ccccn3)ccc2c1N. The first kappa shape index (κ1) is 16.2. The van der Waals surface area contributed by atoms with Crippen molar-refractivity contribution in [1.82, 2.24) is 9.97 Å². The van der Waals surface area contributed by atoms with Crippen molar-refractivity contribution in [3.05, 3.63) is 71.2 Å². The van der Waals surface area contributed by atoms with Gasteiger partial charge in [-0.25, -0.2) is 4.98 Å². The topological polar surface area (TPSA) is 80.9 Å². The van der Waals surface area contributed by atoms with E-state index in [0.717, 1.165) is 32.9 Å². The lowest BCUT2D eigenvalue weighted by molar-refractivity contribution is 0.103. The summed E-state index contributed by atoms with van der Waals surface area (Å²) in [5, 5.41) is 3.71. The molecule has 0 bridgehead atoms. The lowest BCUT2D eigenvalue weighted by atomic mass is 10.2. The second-order valence-corrected chi connectivity index (χ2v) is 6.88. The largest absolute Gasteiger partial charge is 0.397 e. The number of benzene rings is 1. The fourth-order valence-electron chi connectivity index (χ4n) is 2.72. The highest BCUT2D eigenvalue weighted by Crippen LogP contribution is 2.34. The van der Waals surface area contributed by atoms with Gasteiger partial charge in [-0.3, -0.25) is 9.78 Å². The van der Waals surface area contributed by atoms with Crippen LogP contribution in [0.4, 0.5) is 11.4 Å². The predicted octanol–water partition coefficient (Wildman–Crippen LogP) is 4.50. The Bertz CT molecular complexity index is 1110. The number of nitrogens with zero attached hydrogens (tertiary/aromatic N) is 2. The van der Waals surface area contributed by atoms with Crippen LogP contribution in [-0.2, 0) is 0 Å². The number of hydrogen-bond donors (Lipinski definition) is 2. The normalized spacial score (nSPS) is 10.8. The number of hydrogen-bond acceptors (Lipinski definition) is 5. The molecule has 0 fully saturated rings. The number of pyridine rings is 2. The van der Waals surface area contributed by atoms with Gasteiger partial charge >= 0.3 is 0 Å². The maximum Gasteiger partial charge on any atom is 0.267 e. The lowest BCUT2D eigenvalue weighted by Crippen LogP contribution is -2.12. The number of anilines is 2. The maximum absolute atomic E-state index is 12.7. The van der Waals surface area contributed by atoms with Gasteiger partial charge in [-0.1, -0.05) is 24.3 Å². The number of carbonyl (C=O) groups excluding carboxylic acids is 1. The Labute approximate surface area is 154 Å². The molecule has 0 radical (unpaired) electrons. The third-order valence-electron chi connectivity index (χ3n) is 4.12. The second kappa shape index (κ2) is 6.57. The van der Waals surface area contributed by atoms with Gasteiger partial charge in [-0.15, -0.1) is 11.3 Å². The third-order valence-corrected chi connectivity index (χ3v) is 5.23. The number of aryl methyl sites for hydroxylation is 1. The van der Waals surface area contributed by atoms with E-state index in [-0.39, 0.29) is 5.91 Å². The van der Waals surface area contributed by atoms with Crippen molar-refractivity contribution in [2.75, 3.05) is 11.1 Å².